The molecule has 0 bridgehead atoms. The fourth-order valence-corrected chi connectivity index (χ4v) is 3.10. The van der Waals surface area contributed by atoms with E-state index < -0.39 is 7.60 Å². The molecule has 0 aliphatic carbocycles. The van der Waals surface area contributed by atoms with Gasteiger partial charge in [0, 0.05) is 0 Å². The summed E-state index contributed by atoms with van der Waals surface area (Å²) in [5, 5.41) is 0. The van der Waals surface area contributed by atoms with Gasteiger partial charge >= 0.3 is 7.60 Å². The highest BCUT2D eigenvalue weighted by Crippen LogP contribution is 2.49. The van der Waals surface area contributed by atoms with E-state index in [0.29, 0.717) is 25.3 Å². The Bertz CT molecular complexity index is 204. The fourth-order valence-electron chi connectivity index (χ4n) is 1.13. The SMILES string of the molecule is CCCCOP(=O)(CCCC)OCC(C)C. The molecule has 0 amide bonds. The van der Waals surface area contributed by atoms with Crippen LogP contribution in [0.3, 0.4) is 0 Å². The Labute approximate surface area is 100 Å². The second kappa shape index (κ2) is 9.21. The zero-order valence-corrected chi connectivity index (χ0v) is 12.1. The molecule has 0 saturated carbocycles. The van der Waals surface area contributed by atoms with Crippen LogP contribution in [-0.2, 0) is 13.6 Å². The molecule has 0 radical (unpaired) electrons. The van der Waals surface area contributed by atoms with Gasteiger partial charge in [0.2, 0.25) is 0 Å². The predicted octanol–water partition coefficient (Wildman–Crippen LogP) is 4.47. The molecule has 0 heterocycles. The van der Waals surface area contributed by atoms with Crippen LogP contribution in [0, 0.1) is 5.92 Å². The highest BCUT2D eigenvalue weighted by Gasteiger charge is 2.23. The molecular formula is C12H27O3P. The van der Waals surface area contributed by atoms with Crippen molar-refractivity contribution in [1.82, 2.24) is 0 Å². The number of hydrogen-bond acceptors (Lipinski definition) is 3. The van der Waals surface area contributed by atoms with E-state index in [1.54, 1.807) is 0 Å². The van der Waals surface area contributed by atoms with Gasteiger partial charge in [-0.25, -0.2) is 0 Å². The minimum Gasteiger partial charge on any atom is -0.309 e. The van der Waals surface area contributed by atoms with Crippen LogP contribution < -0.4 is 0 Å². The Morgan fingerprint density at radius 1 is 1.06 bits per heavy atom. The van der Waals surface area contributed by atoms with Gasteiger partial charge in [0.05, 0.1) is 19.4 Å². The van der Waals surface area contributed by atoms with Gasteiger partial charge in [0.1, 0.15) is 0 Å². The molecule has 0 aromatic rings. The highest BCUT2D eigenvalue weighted by molar-refractivity contribution is 7.53. The van der Waals surface area contributed by atoms with Gasteiger partial charge in [0.25, 0.3) is 0 Å². The lowest BCUT2D eigenvalue weighted by Gasteiger charge is -2.19. The van der Waals surface area contributed by atoms with Crippen LogP contribution in [0.2, 0.25) is 0 Å². The monoisotopic (exact) mass is 250 g/mol. The van der Waals surface area contributed by atoms with Crippen LogP contribution in [-0.4, -0.2) is 19.4 Å². The third kappa shape index (κ3) is 8.32. The molecule has 0 aliphatic heterocycles. The summed E-state index contributed by atoms with van der Waals surface area (Å²) in [5.41, 5.74) is 0. The summed E-state index contributed by atoms with van der Waals surface area (Å²) in [6, 6.07) is 0. The molecule has 0 aromatic carbocycles. The molecule has 1 atom stereocenters. The molecule has 0 aliphatic rings. The van der Waals surface area contributed by atoms with Gasteiger partial charge in [0.15, 0.2) is 0 Å². The first-order valence-electron chi connectivity index (χ1n) is 6.42. The average molecular weight is 250 g/mol. The van der Waals surface area contributed by atoms with Gasteiger partial charge in [-0.2, -0.15) is 0 Å². The van der Waals surface area contributed by atoms with Crippen molar-refractivity contribution in [2.75, 3.05) is 19.4 Å². The molecule has 98 valence electrons. The van der Waals surface area contributed by atoms with Gasteiger partial charge < -0.3 is 9.05 Å². The van der Waals surface area contributed by atoms with E-state index in [2.05, 4.69) is 27.7 Å². The third-order valence-electron chi connectivity index (χ3n) is 2.18. The van der Waals surface area contributed by atoms with Crippen LogP contribution in [0.25, 0.3) is 0 Å². The van der Waals surface area contributed by atoms with Crippen molar-refractivity contribution in [1.29, 1.82) is 0 Å². The lowest BCUT2D eigenvalue weighted by atomic mass is 10.2. The summed E-state index contributed by atoms with van der Waals surface area (Å²) < 4.78 is 23.2. The molecule has 0 spiro atoms. The minimum absolute atomic E-state index is 0.393. The lowest BCUT2D eigenvalue weighted by Crippen LogP contribution is -2.06. The number of unbranched alkanes of at least 4 members (excludes halogenated alkanes) is 2. The maximum atomic E-state index is 12.3. The summed E-state index contributed by atoms with van der Waals surface area (Å²) in [5.74, 6) is 0.393. The Kier molecular flexibility index (Phi) is 9.29. The largest absolute Gasteiger partial charge is 0.330 e. The predicted molar refractivity (Wildman–Crippen MR) is 69.0 cm³/mol. The number of rotatable bonds is 10. The van der Waals surface area contributed by atoms with E-state index in [-0.39, 0.29) is 0 Å². The van der Waals surface area contributed by atoms with Gasteiger partial charge in [-0.3, -0.25) is 4.57 Å². The van der Waals surface area contributed by atoms with E-state index in [1.165, 1.54) is 0 Å². The first kappa shape index (κ1) is 16.1. The van der Waals surface area contributed by atoms with Crippen LogP contribution in [0.15, 0.2) is 0 Å². The van der Waals surface area contributed by atoms with E-state index in [0.717, 1.165) is 25.7 Å². The molecule has 0 aromatic heterocycles. The van der Waals surface area contributed by atoms with Crippen molar-refractivity contribution in [3.63, 3.8) is 0 Å². The normalized spacial score (nSPS) is 15.3. The molecule has 0 rings (SSSR count). The van der Waals surface area contributed by atoms with Gasteiger partial charge in [-0.1, -0.05) is 40.5 Å². The zero-order chi connectivity index (χ0) is 12.4. The molecule has 0 saturated heterocycles. The summed E-state index contributed by atoms with van der Waals surface area (Å²) >= 11 is 0. The highest BCUT2D eigenvalue weighted by atomic mass is 31.2. The average Bonchev–Trinajstić information content (AvgIpc) is 2.24. The first-order chi connectivity index (χ1) is 7.54. The maximum absolute atomic E-state index is 12.3. The summed E-state index contributed by atoms with van der Waals surface area (Å²) in [7, 11) is -2.82. The first-order valence-corrected chi connectivity index (χ1v) is 8.15. The zero-order valence-electron chi connectivity index (χ0n) is 11.2. The fraction of sp³-hybridized carbons (Fsp3) is 1.00. The van der Waals surface area contributed by atoms with Crippen LogP contribution in [0.1, 0.15) is 53.4 Å². The summed E-state index contributed by atoms with van der Waals surface area (Å²) in [4.78, 5) is 0. The van der Waals surface area contributed by atoms with Crippen LogP contribution in [0.5, 0.6) is 0 Å². The van der Waals surface area contributed by atoms with Crippen LogP contribution in [0.4, 0.5) is 0 Å². The van der Waals surface area contributed by atoms with E-state index in [9.17, 15) is 4.57 Å². The van der Waals surface area contributed by atoms with Crippen molar-refractivity contribution in [3.8, 4) is 0 Å². The Balaban J connectivity index is 4.07. The topological polar surface area (TPSA) is 35.5 Å². The third-order valence-corrected chi connectivity index (χ3v) is 4.16. The minimum atomic E-state index is -2.82. The second-order valence-corrected chi connectivity index (χ2v) is 6.75. The van der Waals surface area contributed by atoms with Crippen LogP contribution >= 0.6 is 7.60 Å². The molecule has 3 nitrogen and oxygen atoms in total. The smallest absolute Gasteiger partial charge is 0.309 e. The standard InChI is InChI=1S/C12H27O3P/c1-5-7-9-14-16(13,10-8-6-2)15-11-12(3)4/h12H,5-11H2,1-4H3. The van der Waals surface area contributed by atoms with E-state index >= 15 is 0 Å². The molecule has 4 heteroatoms. The Hall–Kier alpha value is 0.150. The molecular weight excluding hydrogens is 223 g/mol. The van der Waals surface area contributed by atoms with Crippen molar-refractivity contribution in [3.05, 3.63) is 0 Å². The lowest BCUT2D eigenvalue weighted by molar-refractivity contribution is 0.185. The summed E-state index contributed by atoms with van der Waals surface area (Å²) in [6.45, 7) is 9.35. The second-order valence-electron chi connectivity index (χ2n) is 4.56. The molecule has 0 fully saturated rings. The summed E-state index contributed by atoms with van der Waals surface area (Å²) in [6.07, 6.45) is 4.48. The Morgan fingerprint density at radius 3 is 2.19 bits per heavy atom. The molecule has 0 N–H and O–H groups in total. The quantitative estimate of drug-likeness (QED) is 0.424. The van der Waals surface area contributed by atoms with E-state index in [1.807, 2.05) is 0 Å². The van der Waals surface area contributed by atoms with Crippen molar-refractivity contribution in [2.24, 2.45) is 5.92 Å². The maximum Gasteiger partial charge on any atom is 0.330 e. The van der Waals surface area contributed by atoms with E-state index in [4.69, 9.17) is 9.05 Å². The van der Waals surface area contributed by atoms with Crippen molar-refractivity contribution < 1.29 is 13.6 Å². The van der Waals surface area contributed by atoms with Crippen molar-refractivity contribution >= 4 is 7.60 Å². The number of hydrogen-bond donors (Lipinski definition) is 0. The van der Waals surface area contributed by atoms with Crippen molar-refractivity contribution in [2.45, 2.75) is 53.4 Å². The van der Waals surface area contributed by atoms with Gasteiger partial charge in [-0.05, 0) is 18.8 Å². The Morgan fingerprint density at radius 2 is 1.69 bits per heavy atom. The van der Waals surface area contributed by atoms with Gasteiger partial charge in [-0.15, -0.1) is 0 Å². The molecule has 16 heavy (non-hydrogen) atoms. The molecule has 1 unspecified atom stereocenters.